The van der Waals surface area contributed by atoms with Gasteiger partial charge in [0.15, 0.2) is 17.8 Å². The maximum Gasteiger partial charge on any atom is 0.196 e. The number of ether oxygens (including phenoxy) is 1. The lowest BCUT2D eigenvalue weighted by atomic mass is 10.0. The number of rotatable bonds is 5. The molecule has 0 amide bonds. The van der Waals surface area contributed by atoms with Gasteiger partial charge in [0.1, 0.15) is 12.0 Å². The number of anilines is 1. The minimum atomic E-state index is -0.301. The average molecular weight is 557 g/mol. The second-order valence-electron chi connectivity index (χ2n) is 10.7. The quantitative estimate of drug-likeness (QED) is 0.224. The Balaban J connectivity index is 1.14. The van der Waals surface area contributed by atoms with E-state index in [9.17, 15) is 0 Å². The highest BCUT2D eigenvalue weighted by Gasteiger charge is 2.26. The topological polar surface area (TPSA) is 58.0 Å². The lowest BCUT2D eigenvalue weighted by molar-refractivity contribution is 0.262. The van der Waals surface area contributed by atoms with E-state index in [0.29, 0.717) is 5.84 Å². The van der Waals surface area contributed by atoms with Crippen molar-refractivity contribution in [3.8, 4) is 16.9 Å². The number of benzene rings is 6. The molecule has 0 aromatic heterocycles. The van der Waals surface area contributed by atoms with E-state index in [1.807, 2.05) is 42.5 Å². The Morgan fingerprint density at radius 3 is 1.93 bits per heavy atom. The van der Waals surface area contributed by atoms with Gasteiger partial charge in [0.2, 0.25) is 0 Å². The summed E-state index contributed by atoms with van der Waals surface area (Å²) in [6, 6.07) is 50.0. The number of fused-ring (bicyclic) bond motifs is 3. The highest BCUT2D eigenvalue weighted by molar-refractivity contribution is 6.13. The predicted molar refractivity (Wildman–Crippen MR) is 175 cm³/mol. The van der Waals surface area contributed by atoms with Gasteiger partial charge in [-0.2, -0.15) is 0 Å². The van der Waals surface area contributed by atoms with Crippen LogP contribution in [0.5, 0.6) is 5.75 Å². The van der Waals surface area contributed by atoms with Gasteiger partial charge in [-0.1, -0.05) is 133 Å². The monoisotopic (exact) mass is 556 g/mol. The van der Waals surface area contributed by atoms with E-state index in [-0.39, 0.29) is 12.4 Å². The van der Waals surface area contributed by atoms with Gasteiger partial charge >= 0.3 is 0 Å². The summed E-state index contributed by atoms with van der Waals surface area (Å²) in [7, 11) is 0. The first-order chi connectivity index (χ1) is 21.3. The van der Waals surface area contributed by atoms with Crippen LogP contribution in [0, 0.1) is 0 Å². The van der Waals surface area contributed by atoms with Gasteiger partial charge in [-0.3, -0.25) is 0 Å². The third kappa shape index (κ3) is 4.81. The van der Waals surface area contributed by atoms with Crippen molar-refractivity contribution in [1.82, 2.24) is 5.32 Å². The second-order valence-corrected chi connectivity index (χ2v) is 10.7. The minimum Gasteiger partial charge on any atom is -0.464 e. The van der Waals surface area contributed by atoms with E-state index in [1.165, 1.54) is 5.56 Å². The summed E-state index contributed by atoms with van der Waals surface area (Å²) in [6.07, 6.45) is -0.503. The van der Waals surface area contributed by atoms with Crippen LogP contribution in [0.2, 0.25) is 0 Å². The molecule has 0 saturated heterocycles. The van der Waals surface area contributed by atoms with Crippen LogP contribution in [0.3, 0.4) is 0 Å². The van der Waals surface area contributed by atoms with Gasteiger partial charge in [-0.15, -0.1) is 0 Å². The molecular formula is C38H28N4O. The summed E-state index contributed by atoms with van der Waals surface area (Å²) < 4.78 is 6.41. The maximum absolute atomic E-state index is 6.41. The van der Waals surface area contributed by atoms with Crippen LogP contribution in [0.15, 0.2) is 156 Å². The molecule has 206 valence electrons. The fraction of sp³-hybridized carbons (Fsp3) is 0.0526. The molecule has 0 spiro atoms. The van der Waals surface area contributed by atoms with Crippen molar-refractivity contribution in [3.63, 3.8) is 0 Å². The first-order valence-electron chi connectivity index (χ1n) is 14.5. The van der Waals surface area contributed by atoms with Crippen molar-refractivity contribution in [2.45, 2.75) is 12.4 Å². The molecule has 0 radical (unpaired) electrons. The summed E-state index contributed by atoms with van der Waals surface area (Å²) in [5.74, 6) is 2.38. The van der Waals surface area contributed by atoms with Crippen LogP contribution >= 0.6 is 0 Å². The molecule has 43 heavy (non-hydrogen) atoms. The fourth-order valence-corrected chi connectivity index (χ4v) is 5.73. The summed E-state index contributed by atoms with van der Waals surface area (Å²) in [4.78, 5) is 10.1. The number of hydrogen-bond donors (Lipinski definition) is 2. The van der Waals surface area contributed by atoms with Crippen molar-refractivity contribution in [1.29, 1.82) is 0 Å². The van der Waals surface area contributed by atoms with Crippen LogP contribution in [0.1, 0.15) is 34.6 Å². The molecule has 2 aliphatic heterocycles. The molecule has 2 atom stereocenters. The van der Waals surface area contributed by atoms with E-state index >= 15 is 0 Å². The van der Waals surface area contributed by atoms with Gasteiger partial charge in [-0.05, 0) is 34.2 Å². The molecule has 0 saturated carbocycles. The highest BCUT2D eigenvalue weighted by Crippen LogP contribution is 2.43. The molecule has 5 nitrogen and oxygen atoms in total. The molecule has 6 aromatic carbocycles. The summed E-state index contributed by atoms with van der Waals surface area (Å²) in [5.41, 5.74) is 7.50. The normalized spacial score (nSPS) is 17.2. The molecule has 8 rings (SSSR count). The lowest BCUT2D eigenvalue weighted by Crippen LogP contribution is -2.33. The van der Waals surface area contributed by atoms with E-state index in [0.717, 1.165) is 55.9 Å². The van der Waals surface area contributed by atoms with Crippen molar-refractivity contribution in [3.05, 3.63) is 168 Å². The highest BCUT2D eigenvalue weighted by atomic mass is 16.5. The van der Waals surface area contributed by atoms with Crippen molar-refractivity contribution < 1.29 is 4.74 Å². The third-order valence-corrected chi connectivity index (χ3v) is 7.97. The molecule has 2 N–H and O–H groups in total. The standard InChI is InChI=1S/C38H28N4O/c1-4-10-25(11-5-1)26-16-18-28(19-17-26)36-40-35(27-12-6-2-7-13-27)41-37(42-36)31-20-22-32-30(24-31)21-23-33-34(32)43-38(39-33)29-14-8-3-9-15-29/h1-24,37-39H,(H,40,41,42). The van der Waals surface area contributed by atoms with Crippen LogP contribution in [-0.4, -0.2) is 11.7 Å². The first-order valence-corrected chi connectivity index (χ1v) is 14.5. The molecule has 2 aliphatic rings. The zero-order valence-electron chi connectivity index (χ0n) is 23.3. The minimum absolute atomic E-state index is 0.202. The van der Waals surface area contributed by atoms with Gasteiger partial charge in [0.25, 0.3) is 0 Å². The van der Waals surface area contributed by atoms with E-state index in [2.05, 4.69) is 114 Å². The molecule has 5 heteroatoms. The second kappa shape index (κ2) is 10.6. The van der Waals surface area contributed by atoms with Gasteiger partial charge in [0, 0.05) is 22.1 Å². The number of nitrogens with zero attached hydrogens (tertiary/aromatic N) is 2. The van der Waals surface area contributed by atoms with E-state index in [4.69, 9.17) is 14.7 Å². The third-order valence-electron chi connectivity index (χ3n) is 7.97. The molecule has 2 unspecified atom stereocenters. The number of hydrogen-bond acceptors (Lipinski definition) is 5. The van der Waals surface area contributed by atoms with Gasteiger partial charge in [-0.25, -0.2) is 9.98 Å². The Morgan fingerprint density at radius 2 is 1.19 bits per heavy atom. The SMILES string of the molecule is c1ccc(C2=NC(c3ccc(-c4ccccc4)cc3)=NC(c3ccc4c5c(ccc4c3)NC(c3ccccc3)O5)N2)cc1. The number of aliphatic imine (C=N–C) groups is 2. The molecular weight excluding hydrogens is 528 g/mol. The summed E-state index contributed by atoms with van der Waals surface area (Å²) >= 11 is 0. The maximum atomic E-state index is 6.41. The lowest BCUT2D eigenvalue weighted by Gasteiger charge is -2.24. The summed E-state index contributed by atoms with van der Waals surface area (Å²) in [6.45, 7) is 0. The predicted octanol–water partition coefficient (Wildman–Crippen LogP) is 8.51. The molecule has 6 aromatic rings. The Labute approximate surface area is 250 Å². The van der Waals surface area contributed by atoms with Crippen molar-refractivity contribution >= 4 is 28.1 Å². The largest absolute Gasteiger partial charge is 0.464 e. The van der Waals surface area contributed by atoms with Crippen LogP contribution < -0.4 is 15.4 Å². The average Bonchev–Trinajstić information content (AvgIpc) is 3.54. The molecule has 0 bridgehead atoms. The number of nitrogens with one attached hydrogen (secondary N) is 2. The van der Waals surface area contributed by atoms with Crippen LogP contribution in [0.25, 0.3) is 21.9 Å². The zero-order valence-corrected chi connectivity index (χ0v) is 23.3. The Hall–Kier alpha value is -5.68. The fourth-order valence-electron chi connectivity index (χ4n) is 5.73. The van der Waals surface area contributed by atoms with Crippen molar-refractivity contribution in [2.75, 3.05) is 5.32 Å². The zero-order chi connectivity index (χ0) is 28.6. The van der Waals surface area contributed by atoms with Gasteiger partial charge < -0.3 is 15.4 Å². The summed E-state index contributed by atoms with van der Waals surface area (Å²) in [5, 5.41) is 9.27. The van der Waals surface area contributed by atoms with E-state index in [1.54, 1.807) is 0 Å². The Kier molecular flexibility index (Phi) is 6.19. The first kappa shape index (κ1) is 25.1. The number of amidine groups is 2. The van der Waals surface area contributed by atoms with Gasteiger partial charge in [0.05, 0.1) is 5.69 Å². The van der Waals surface area contributed by atoms with E-state index < -0.39 is 0 Å². The molecule has 0 fully saturated rings. The smallest absolute Gasteiger partial charge is 0.196 e. The molecule has 0 aliphatic carbocycles. The van der Waals surface area contributed by atoms with Crippen LogP contribution in [-0.2, 0) is 0 Å². The Morgan fingerprint density at radius 1 is 0.535 bits per heavy atom. The molecule has 2 heterocycles. The van der Waals surface area contributed by atoms with Crippen LogP contribution in [0.4, 0.5) is 5.69 Å². The van der Waals surface area contributed by atoms with Crippen molar-refractivity contribution in [2.24, 2.45) is 9.98 Å². The Bertz CT molecular complexity index is 1990.